The zero-order valence-electron chi connectivity index (χ0n) is 73.5. The highest BCUT2D eigenvalue weighted by atomic mass is 16.5. The predicted octanol–water partition coefficient (Wildman–Crippen LogP) is 13.7. The SMILES string of the molecule is CCCCNCCCCCCNCCCC.NCC1CCC(CN)CC1.NCCCOCCCCCCCCCCOCCCN.NCCCOCCCN.NCCN.NCCNCc1ccccc1.Nc1ccc(Cc2ccc(N)cc2)cc1.Nc1ccc2c(c1)Cc1cc(N)ccc1-2.c1ccc2c(c1)CNCc1ccccc1CNC2. The van der Waals surface area contributed by atoms with E-state index >= 15 is 0 Å². The van der Waals surface area contributed by atoms with Gasteiger partial charge in [0, 0.05) is 121 Å². The van der Waals surface area contributed by atoms with E-state index in [-0.39, 0.29) is 0 Å². The van der Waals surface area contributed by atoms with Crippen molar-refractivity contribution >= 4 is 22.7 Å². The molecule has 7 aromatic carbocycles. The average molecular weight is 1630 g/mol. The molecule has 0 aromatic heterocycles. The van der Waals surface area contributed by atoms with Crippen molar-refractivity contribution in [1.82, 2.24) is 26.6 Å². The van der Waals surface area contributed by atoms with Crippen LogP contribution >= 0.6 is 0 Å². The first-order valence-electron chi connectivity index (χ1n) is 45.1. The summed E-state index contributed by atoms with van der Waals surface area (Å²) < 4.78 is 16.1. The van der Waals surface area contributed by atoms with E-state index in [2.05, 4.69) is 113 Å². The van der Waals surface area contributed by atoms with E-state index in [1.54, 1.807) is 0 Å². The fourth-order valence-electron chi connectivity index (χ4n) is 13.1. The number of hydrogen-bond donors (Lipinski definition) is 18. The molecule has 3 aliphatic rings. The number of nitrogen functional groups attached to an aromatic ring is 4. The van der Waals surface area contributed by atoms with Crippen molar-refractivity contribution in [3.05, 3.63) is 214 Å². The van der Waals surface area contributed by atoms with E-state index in [0.29, 0.717) is 32.7 Å². The van der Waals surface area contributed by atoms with Gasteiger partial charge in [-0.2, -0.15) is 0 Å². The third-order valence-electron chi connectivity index (χ3n) is 20.3. The van der Waals surface area contributed by atoms with Crippen LogP contribution in [0.2, 0.25) is 0 Å². The lowest BCUT2D eigenvalue weighted by atomic mass is 9.82. The second-order valence-corrected chi connectivity index (χ2v) is 30.7. The van der Waals surface area contributed by atoms with Crippen LogP contribution < -0.4 is 101 Å². The van der Waals surface area contributed by atoms with Crippen LogP contribution in [-0.4, -0.2) is 131 Å². The standard InChI is InChI=1S/C16H36N2O2.C16H18N2.C14H32N2.C13H12N2.C13H14N2.C9H14N2.C8H18N2.C6H16N2O.C2H8N2/c17-11-9-15-19-13-7-5-3-1-2-4-6-8-14-20-16-10-12-18;1-2-6-14-10-18-12-16-8-4-3-7-15(16)11-17-9-13(14)5-1;1-3-5-11-15-13-9-7-8-10-14-16-12-6-4-2;14-10-1-3-12-8(6-10)5-9-7-11(15)2-4-13(9)12;14-12-5-1-10(2-6-12)9-11-3-7-13(15)8-4-11;10-6-7-11-8-9-4-2-1-3-5-9;9-5-7-1-2-8(6-10)4-3-7;7-3-1-5-9-6-2-4-8;3-1-2-4/h1-18H2;1-8,17-18H,9-12H2;15-16H,3-14H2,1-2H3;1-4,6-7H,5,14-15H2;1-8H,9,14-15H2;1-5,11H,6-8,10H2;7-8H,1-6,9-10H2;1-8H2;1-4H2. The molecule has 0 saturated heterocycles. The average Bonchev–Trinajstić information content (AvgIpc) is 1.64. The Kier molecular flexibility index (Phi) is 70.3. The van der Waals surface area contributed by atoms with Crippen molar-refractivity contribution in [2.24, 2.45) is 63.4 Å². The highest BCUT2D eigenvalue weighted by Gasteiger charge is 2.20. The summed E-state index contributed by atoms with van der Waals surface area (Å²) in [6, 6.07) is 55.6. The van der Waals surface area contributed by atoms with Crippen molar-refractivity contribution in [3.63, 3.8) is 0 Å². The number of rotatable bonds is 45. The van der Waals surface area contributed by atoms with Crippen molar-refractivity contribution in [1.29, 1.82) is 0 Å². The molecule has 0 unspecified atom stereocenters. The Morgan fingerprint density at radius 1 is 0.297 bits per heavy atom. The van der Waals surface area contributed by atoms with Gasteiger partial charge in [-0.1, -0.05) is 193 Å². The minimum Gasteiger partial charge on any atom is -0.399 e. The lowest BCUT2D eigenvalue weighted by Crippen LogP contribution is -2.25. The van der Waals surface area contributed by atoms with Crippen molar-refractivity contribution in [3.8, 4) is 11.1 Å². The van der Waals surface area contributed by atoms with Crippen LogP contribution in [0.15, 0.2) is 164 Å². The van der Waals surface area contributed by atoms with Gasteiger partial charge in [0.25, 0.3) is 0 Å². The normalized spacial score (nSPS) is 13.4. The van der Waals surface area contributed by atoms with E-state index < -0.39 is 0 Å². The molecule has 118 heavy (non-hydrogen) atoms. The maximum Gasteiger partial charge on any atom is 0.0478 e. The Hall–Kier alpha value is -6.94. The number of fused-ring (bicyclic) bond motifs is 5. The second-order valence-electron chi connectivity index (χ2n) is 30.7. The van der Waals surface area contributed by atoms with Crippen LogP contribution in [0, 0.1) is 11.8 Å². The fraction of sp³-hybridized carbons (Fsp3) is 0.567. The number of nitrogens with two attached hydrogens (primary N) is 13. The van der Waals surface area contributed by atoms with Gasteiger partial charge < -0.3 is 115 Å². The number of anilines is 4. The first-order valence-corrected chi connectivity index (χ1v) is 45.1. The Labute approximate surface area is 715 Å². The first-order chi connectivity index (χ1) is 57.9. The molecule has 1 saturated carbocycles. The number of nitrogens with one attached hydrogen (secondary N) is 5. The lowest BCUT2D eigenvalue weighted by molar-refractivity contribution is 0.128. The van der Waals surface area contributed by atoms with Gasteiger partial charge in [0.15, 0.2) is 0 Å². The Morgan fingerprint density at radius 2 is 0.619 bits per heavy atom. The van der Waals surface area contributed by atoms with Gasteiger partial charge in [-0.3, -0.25) is 0 Å². The maximum absolute atomic E-state index is 5.77. The molecule has 0 bridgehead atoms. The van der Waals surface area contributed by atoms with Gasteiger partial charge in [-0.15, -0.1) is 0 Å². The van der Waals surface area contributed by atoms with Gasteiger partial charge >= 0.3 is 0 Å². The molecule has 31 N–H and O–H groups in total. The molecule has 21 heteroatoms. The Balaban J connectivity index is 0.000000459. The van der Waals surface area contributed by atoms with Gasteiger partial charge in [0.1, 0.15) is 0 Å². The maximum atomic E-state index is 5.77. The molecule has 7 aromatic rings. The molecule has 0 amide bonds. The van der Waals surface area contributed by atoms with E-state index in [4.69, 9.17) is 88.7 Å². The largest absolute Gasteiger partial charge is 0.399 e. The predicted molar refractivity (Wildman–Crippen MR) is 509 cm³/mol. The molecule has 0 radical (unpaired) electrons. The fourth-order valence-corrected chi connectivity index (χ4v) is 13.1. The van der Waals surface area contributed by atoms with Crippen molar-refractivity contribution in [2.45, 2.75) is 214 Å². The number of benzene rings is 7. The highest BCUT2D eigenvalue weighted by molar-refractivity contribution is 5.79. The van der Waals surface area contributed by atoms with Crippen LogP contribution in [0.25, 0.3) is 11.1 Å². The van der Waals surface area contributed by atoms with Crippen LogP contribution in [0.4, 0.5) is 22.7 Å². The van der Waals surface area contributed by atoms with Crippen LogP contribution in [0.1, 0.15) is 218 Å². The first kappa shape index (κ1) is 107. The summed E-state index contributed by atoms with van der Waals surface area (Å²) in [6.45, 7) is 26.4. The van der Waals surface area contributed by atoms with Gasteiger partial charge in [-0.25, -0.2) is 0 Å². The van der Waals surface area contributed by atoms with E-state index in [9.17, 15) is 0 Å². The summed E-state index contributed by atoms with van der Waals surface area (Å²) in [4.78, 5) is 0. The van der Waals surface area contributed by atoms with Crippen molar-refractivity contribution in [2.75, 3.05) is 154 Å². The molecular formula is C97H168N18O3. The minimum absolute atomic E-state index is 0.597. The molecule has 10 rings (SSSR count). The van der Waals surface area contributed by atoms with Crippen LogP contribution in [0.5, 0.6) is 0 Å². The van der Waals surface area contributed by atoms with Gasteiger partial charge in [0.2, 0.25) is 0 Å². The summed E-state index contributed by atoms with van der Waals surface area (Å²) in [5, 5.41) is 17.3. The zero-order valence-corrected chi connectivity index (χ0v) is 73.5. The molecule has 21 nitrogen and oxygen atoms in total. The number of ether oxygens (including phenoxy) is 3. The molecule has 1 fully saturated rings. The van der Waals surface area contributed by atoms with E-state index in [0.717, 1.165) is 178 Å². The van der Waals surface area contributed by atoms with Crippen LogP contribution in [-0.2, 0) is 59.8 Å². The summed E-state index contributed by atoms with van der Waals surface area (Å²) in [5.41, 5.74) is 88.2. The van der Waals surface area contributed by atoms with E-state index in [1.165, 1.54) is 216 Å². The third-order valence-corrected chi connectivity index (χ3v) is 20.3. The summed E-state index contributed by atoms with van der Waals surface area (Å²) in [5.74, 6) is 1.59. The number of hydrogen-bond acceptors (Lipinski definition) is 21. The monoisotopic (exact) mass is 1630 g/mol. The molecule has 1 heterocycles. The topological polar surface area (TPSA) is 426 Å². The second kappa shape index (κ2) is 77.4. The Bertz CT molecular complexity index is 3110. The molecule has 664 valence electrons. The minimum atomic E-state index is 0.597. The summed E-state index contributed by atoms with van der Waals surface area (Å²) in [6.07, 6.45) is 32.0. The van der Waals surface area contributed by atoms with Crippen LogP contribution in [0.3, 0.4) is 0 Å². The highest BCUT2D eigenvalue weighted by Crippen LogP contribution is 2.38. The molecule has 0 atom stereocenters. The lowest BCUT2D eigenvalue weighted by Gasteiger charge is -2.26. The van der Waals surface area contributed by atoms with Gasteiger partial charge in [0.05, 0.1) is 0 Å². The third kappa shape index (κ3) is 57.3. The molecule has 1 aliphatic heterocycles. The molecular weight excluding hydrogens is 1470 g/mol. The number of unbranched alkanes of at least 4 members (excludes halogenated alkanes) is 12. The summed E-state index contributed by atoms with van der Waals surface area (Å²) in [7, 11) is 0. The molecule has 2 aliphatic carbocycles. The quantitative estimate of drug-likeness (QED) is 0.0124. The van der Waals surface area contributed by atoms with E-state index in [1.807, 2.05) is 91.0 Å². The van der Waals surface area contributed by atoms with Crippen molar-refractivity contribution < 1.29 is 14.2 Å². The van der Waals surface area contributed by atoms with Gasteiger partial charge in [-0.05, 0) is 290 Å². The zero-order chi connectivity index (χ0) is 85.6. The smallest absolute Gasteiger partial charge is 0.0478 e. The summed E-state index contributed by atoms with van der Waals surface area (Å²) >= 11 is 0. The molecule has 0 spiro atoms. The Morgan fingerprint density at radius 3 is 0.949 bits per heavy atom.